The minimum atomic E-state index is 0.305. The molecule has 2 rings (SSSR count). The molecule has 0 bridgehead atoms. The van der Waals surface area contributed by atoms with Crippen molar-refractivity contribution in [1.82, 2.24) is 15.1 Å². The van der Waals surface area contributed by atoms with Crippen LogP contribution in [0.15, 0.2) is 36.7 Å². The maximum Gasteiger partial charge on any atom is 0.171 e. The molecule has 4 nitrogen and oxygen atoms in total. The molecular formula is C14H17ClN4S. The van der Waals surface area contributed by atoms with Crippen LogP contribution in [0.2, 0.25) is 5.02 Å². The Kier molecular flexibility index (Phi) is 4.98. The van der Waals surface area contributed by atoms with Crippen LogP contribution in [0.5, 0.6) is 0 Å². The molecule has 0 aliphatic carbocycles. The fraction of sp³-hybridized carbons (Fsp3) is 0.286. The lowest BCUT2D eigenvalue weighted by Gasteiger charge is -2.11. The number of nitrogens with zero attached hydrogens (tertiary/aromatic N) is 2. The summed E-state index contributed by atoms with van der Waals surface area (Å²) in [5.41, 5.74) is 2.02. The minimum absolute atomic E-state index is 0.305. The first kappa shape index (κ1) is 14.8. The van der Waals surface area contributed by atoms with Crippen molar-refractivity contribution in [3.63, 3.8) is 0 Å². The summed E-state index contributed by atoms with van der Waals surface area (Å²) in [7, 11) is 0. The van der Waals surface area contributed by atoms with Gasteiger partial charge in [0.25, 0.3) is 0 Å². The molecule has 0 amide bonds. The molecule has 0 saturated carbocycles. The van der Waals surface area contributed by atoms with Crippen molar-refractivity contribution in [2.24, 2.45) is 0 Å². The van der Waals surface area contributed by atoms with Gasteiger partial charge < -0.3 is 10.6 Å². The molecule has 1 aromatic heterocycles. The van der Waals surface area contributed by atoms with E-state index in [0.717, 1.165) is 16.3 Å². The number of hydrogen-bond acceptors (Lipinski definition) is 2. The van der Waals surface area contributed by atoms with Crippen LogP contribution in [-0.4, -0.2) is 20.9 Å². The summed E-state index contributed by atoms with van der Waals surface area (Å²) in [5.74, 6) is 0. The maximum atomic E-state index is 5.86. The molecule has 0 aliphatic heterocycles. The lowest BCUT2D eigenvalue weighted by atomic mass is 10.2. The Morgan fingerprint density at radius 2 is 2.05 bits per heavy atom. The van der Waals surface area contributed by atoms with Gasteiger partial charge in [-0.2, -0.15) is 5.10 Å². The summed E-state index contributed by atoms with van der Waals surface area (Å²) >= 11 is 11.1. The second kappa shape index (κ2) is 6.72. The third-order valence-electron chi connectivity index (χ3n) is 2.57. The molecule has 6 heteroatoms. The summed E-state index contributed by atoms with van der Waals surface area (Å²) in [4.78, 5) is 0. The first-order chi connectivity index (χ1) is 9.52. The average Bonchev–Trinajstić information content (AvgIpc) is 2.78. The first-order valence-electron chi connectivity index (χ1n) is 6.37. The predicted octanol–water partition coefficient (Wildman–Crippen LogP) is 3.28. The topological polar surface area (TPSA) is 41.9 Å². The Bertz CT molecular complexity index is 577. The average molecular weight is 309 g/mol. The number of rotatable bonds is 4. The highest BCUT2D eigenvalue weighted by Gasteiger charge is 2.03. The van der Waals surface area contributed by atoms with Gasteiger partial charge in [-0.05, 0) is 43.8 Å². The quantitative estimate of drug-likeness (QED) is 0.851. The predicted molar refractivity (Wildman–Crippen MR) is 87.3 cm³/mol. The molecule has 0 atom stereocenters. The number of benzene rings is 1. The van der Waals surface area contributed by atoms with E-state index < -0.39 is 0 Å². The number of thiocarbonyl (C=S) groups is 1. The Morgan fingerprint density at radius 3 is 2.70 bits per heavy atom. The van der Waals surface area contributed by atoms with Crippen LogP contribution in [0, 0.1) is 0 Å². The Balaban J connectivity index is 1.95. The Labute approximate surface area is 129 Å². The van der Waals surface area contributed by atoms with Crippen LogP contribution >= 0.6 is 23.8 Å². The van der Waals surface area contributed by atoms with Gasteiger partial charge in [-0.3, -0.25) is 4.68 Å². The monoisotopic (exact) mass is 308 g/mol. The van der Waals surface area contributed by atoms with Crippen LogP contribution in [0.25, 0.3) is 0 Å². The van der Waals surface area contributed by atoms with Crippen molar-refractivity contribution in [1.29, 1.82) is 0 Å². The molecule has 0 spiro atoms. The summed E-state index contributed by atoms with van der Waals surface area (Å²) in [6, 6.07) is 8.03. The van der Waals surface area contributed by atoms with Crippen LogP contribution in [-0.2, 0) is 6.54 Å². The second-order valence-corrected chi connectivity index (χ2v) is 5.65. The van der Waals surface area contributed by atoms with Crippen molar-refractivity contribution in [3.8, 4) is 0 Å². The van der Waals surface area contributed by atoms with Crippen LogP contribution in [0.4, 0.5) is 5.69 Å². The fourth-order valence-electron chi connectivity index (χ4n) is 1.72. The van der Waals surface area contributed by atoms with E-state index in [1.165, 1.54) is 0 Å². The van der Waals surface area contributed by atoms with Crippen molar-refractivity contribution >= 4 is 34.6 Å². The van der Waals surface area contributed by atoms with Gasteiger partial charge in [-0.15, -0.1) is 0 Å². The van der Waals surface area contributed by atoms with Crippen molar-refractivity contribution in [2.75, 3.05) is 5.32 Å². The number of hydrogen-bond donors (Lipinski definition) is 2. The van der Waals surface area contributed by atoms with Crippen LogP contribution in [0.1, 0.15) is 19.4 Å². The second-order valence-electron chi connectivity index (χ2n) is 4.81. The third-order valence-corrected chi connectivity index (χ3v) is 3.04. The van der Waals surface area contributed by atoms with E-state index in [0.29, 0.717) is 17.7 Å². The molecule has 2 N–H and O–H groups in total. The first-order valence-corrected chi connectivity index (χ1v) is 7.16. The van der Waals surface area contributed by atoms with Gasteiger partial charge in [0.15, 0.2) is 5.11 Å². The van der Waals surface area contributed by atoms with E-state index >= 15 is 0 Å². The molecule has 0 saturated heterocycles. The van der Waals surface area contributed by atoms with Gasteiger partial charge in [0, 0.05) is 17.3 Å². The third kappa shape index (κ3) is 4.51. The zero-order valence-corrected chi connectivity index (χ0v) is 13.0. The zero-order chi connectivity index (χ0) is 14.5. The number of aromatic nitrogens is 2. The largest absolute Gasteiger partial charge is 0.360 e. The summed E-state index contributed by atoms with van der Waals surface area (Å²) in [5, 5.41) is 11.9. The highest BCUT2D eigenvalue weighted by atomic mass is 35.5. The van der Waals surface area contributed by atoms with E-state index in [1.54, 1.807) is 6.20 Å². The molecule has 1 aromatic carbocycles. The molecule has 0 fully saturated rings. The molecule has 1 heterocycles. The summed E-state index contributed by atoms with van der Waals surface area (Å²) in [6.45, 7) is 4.78. The lowest BCUT2D eigenvalue weighted by Crippen LogP contribution is -2.33. The van der Waals surface area contributed by atoms with E-state index in [4.69, 9.17) is 23.8 Å². The van der Waals surface area contributed by atoms with Crippen molar-refractivity contribution in [3.05, 3.63) is 47.2 Å². The van der Waals surface area contributed by atoms with Crippen LogP contribution < -0.4 is 10.6 Å². The molecular weight excluding hydrogens is 292 g/mol. The van der Waals surface area contributed by atoms with Gasteiger partial charge in [-0.25, -0.2) is 0 Å². The Hall–Kier alpha value is -1.59. The van der Waals surface area contributed by atoms with E-state index in [1.807, 2.05) is 49.0 Å². The smallest absolute Gasteiger partial charge is 0.171 e. The molecule has 106 valence electrons. The van der Waals surface area contributed by atoms with Gasteiger partial charge >= 0.3 is 0 Å². The fourth-order valence-corrected chi connectivity index (χ4v) is 2.20. The van der Waals surface area contributed by atoms with E-state index in [-0.39, 0.29) is 0 Å². The maximum absolute atomic E-state index is 5.86. The molecule has 0 radical (unpaired) electrons. The van der Waals surface area contributed by atoms with E-state index in [2.05, 4.69) is 15.7 Å². The van der Waals surface area contributed by atoms with Gasteiger partial charge in [0.2, 0.25) is 0 Å². The number of anilines is 1. The standard InChI is InChI=1S/C14H17ClN4S/c1-10(2)17-14(20)18-13-7-16-19(9-13)8-11-3-5-12(15)6-4-11/h3-7,9-10H,8H2,1-2H3,(H2,17,18,20). The highest BCUT2D eigenvalue weighted by Crippen LogP contribution is 2.12. The number of halogens is 1. The van der Waals surface area contributed by atoms with Crippen molar-refractivity contribution < 1.29 is 0 Å². The Morgan fingerprint density at radius 1 is 1.35 bits per heavy atom. The molecule has 20 heavy (non-hydrogen) atoms. The van der Waals surface area contributed by atoms with E-state index in [9.17, 15) is 0 Å². The van der Waals surface area contributed by atoms with Crippen LogP contribution in [0.3, 0.4) is 0 Å². The molecule has 2 aromatic rings. The number of nitrogens with one attached hydrogen (secondary N) is 2. The summed E-state index contributed by atoms with van der Waals surface area (Å²) < 4.78 is 1.85. The van der Waals surface area contributed by atoms with Gasteiger partial charge in [0.1, 0.15) is 0 Å². The zero-order valence-electron chi connectivity index (χ0n) is 11.4. The lowest BCUT2D eigenvalue weighted by molar-refractivity contribution is 0.687. The summed E-state index contributed by atoms with van der Waals surface area (Å²) in [6.07, 6.45) is 3.67. The van der Waals surface area contributed by atoms with Gasteiger partial charge in [0.05, 0.1) is 18.4 Å². The van der Waals surface area contributed by atoms with Crippen molar-refractivity contribution in [2.45, 2.75) is 26.4 Å². The molecule has 0 aliphatic rings. The normalized spacial score (nSPS) is 10.6. The minimum Gasteiger partial charge on any atom is -0.360 e. The highest BCUT2D eigenvalue weighted by molar-refractivity contribution is 7.80. The van der Waals surface area contributed by atoms with Gasteiger partial charge in [-0.1, -0.05) is 23.7 Å². The SMILES string of the molecule is CC(C)NC(=S)Nc1cnn(Cc2ccc(Cl)cc2)c1. The molecule has 0 unspecified atom stereocenters.